The van der Waals surface area contributed by atoms with Crippen LogP contribution in [0, 0.1) is 11.3 Å². The maximum absolute atomic E-state index is 8.84. The Morgan fingerprint density at radius 3 is 3.07 bits per heavy atom. The maximum Gasteiger partial charge on any atom is 0.0970 e. The van der Waals surface area contributed by atoms with Crippen molar-refractivity contribution in [3.05, 3.63) is 18.7 Å². The van der Waals surface area contributed by atoms with Gasteiger partial charge in [0.1, 0.15) is 0 Å². The summed E-state index contributed by atoms with van der Waals surface area (Å²) in [5, 5.41) is 12.0. The van der Waals surface area contributed by atoms with E-state index in [1.165, 1.54) is 0 Å². The van der Waals surface area contributed by atoms with Crippen molar-refractivity contribution in [1.82, 2.24) is 14.9 Å². The van der Waals surface area contributed by atoms with Crippen LogP contribution in [0.5, 0.6) is 0 Å². The largest absolute Gasteiger partial charge is 0.337 e. The van der Waals surface area contributed by atoms with Crippen LogP contribution >= 0.6 is 0 Å². The third-order valence-corrected chi connectivity index (χ3v) is 2.03. The molecule has 1 aromatic rings. The summed E-state index contributed by atoms with van der Waals surface area (Å²) in [6.07, 6.45) is 7.32. The fourth-order valence-electron chi connectivity index (χ4n) is 1.23. The van der Waals surface area contributed by atoms with Gasteiger partial charge in [-0.2, -0.15) is 5.26 Å². The highest BCUT2D eigenvalue weighted by molar-refractivity contribution is 4.89. The minimum Gasteiger partial charge on any atom is -0.337 e. The summed E-state index contributed by atoms with van der Waals surface area (Å²) in [5.74, 6) is 0. The van der Waals surface area contributed by atoms with Crippen molar-refractivity contribution in [2.45, 2.75) is 32.4 Å². The van der Waals surface area contributed by atoms with Crippen LogP contribution in [-0.4, -0.2) is 22.1 Å². The summed E-state index contributed by atoms with van der Waals surface area (Å²) in [6.45, 7) is 3.84. The third-order valence-electron chi connectivity index (χ3n) is 2.03. The Morgan fingerprint density at radius 2 is 2.50 bits per heavy atom. The molecular formula is C10H16N4. The van der Waals surface area contributed by atoms with E-state index in [1.54, 1.807) is 12.5 Å². The molecule has 0 saturated carbocycles. The van der Waals surface area contributed by atoms with Gasteiger partial charge in [-0.05, 0) is 19.4 Å². The first-order valence-electron chi connectivity index (χ1n) is 4.95. The van der Waals surface area contributed by atoms with Gasteiger partial charge in [-0.1, -0.05) is 6.92 Å². The molecule has 0 saturated heterocycles. The lowest BCUT2D eigenvalue weighted by atomic mass is 10.2. The highest BCUT2D eigenvalue weighted by Gasteiger charge is 2.04. The molecule has 0 aliphatic carbocycles. The lowest BCUT2D eigenvalue weighted by molar-refractivity contribution is 0.516. The average Bonchev–Trinajstić information content (AvgIpc) is 2.71. The molecule has 1 aromatic heterocycles. The van der Waals surface area contributed by atoms with Crippen molar-refractivity contribution in [2.24, 2.45) is 0 Å². The molecule has 1 N–H and O–H groups in total. The number of imidazole rings is 1. The van der Waals surface area contributed by atoms with Gasteiger partial charge >= 0.3 is 0 Å². The summed E-state index contributed by atoms with van der Waals surface area (Å²) in [6, 6.07) is 2.21. The van der Waals surface area contributed by atoms with Crippen molar-refractivity contribution < 1.29 is 0 Å². The van der Waals surface area contributed by atoms with E-state index in [-0.39, 0.29) is 6.04 Å². The molecule has 76 valence electrons. The maximum atomic E-state index is 8.84. The zero-order valence-electron chi connectivity index (χ0n) is 8.48. The Bertz CT molecular complexity index is 273. The number of nitriles is 1. The summed E-state index contributed by atoms with van der Waals surface area (Å²) in [4.78, 5) is 3.95. The monoisotopic (exact) mass is 192 g/mol. The molecule has 1 rings (SSSR count). The smallest absolute Gasteiger partial charge is 0.0970 e. The Hall–Kier alpha value is -1.34. The lowest BCUT2D eigenvalue weighted by Gasteiger charge is -2.10. The van der Waals surface area contributed by atoms with Crippen molar-refractivity contribution in [3.8, 4) is 6.07 Å². The van der Waals surface area contributed by atoms with E-state index >= 15 is 0 Å². The van der Waals surface area contributed by atoms with Crippen LogP contribution in [0.2, 0.25) is 0 Å². The van der Waals surface area contributed by atoms with Gasteiger partial charge in [0.2, 0.25) is 0 Å². The van der Waals surface area contributed by atoms with E-state index in [4.69, 9.17) is 5.26 Å². The van der Waals surface area contributed by atoms with Crippen LogP contribution in [0.25, 0.3) is 0 Å². The molecule has 4 nitrogen and oxygen atoms in total. The second kappa shape index (κ2) is 6.17. The zero-order valence-corrected chi connectivity index (χ0v) is 8.48. The van der Waals surface area contributed by atoms with Gasteiger partial charge in [-0.15, -0.1) is 0 Å². The van der Waals surface area contributed by atoms with Crippen LogP contribution in [0.15, 0.2) is 18.7 Å². The number of hydrogen-bond acceptors (Lipinski definition) is 3. The van der Waals surface area contributed by atoms with Gasteiger partial charge in [0.25, 0.3) is 0 Å². The second-order valence-electron chi connectivity index (χ2n) is 3.22. The summed E-state index contributed by atoms with van der Waals surface area (Å²) < 4.78 is 1.98. The van der Waals surface area contributed by atoms with Crippen LogP contribution in [0.4, 0.5) is 0 Å². The van der Waals surface area contributed by atoms with E-state index < -0.39 is 0 Å². The normalized spacial score (nSPS) is 12.3. The molecule has 0 spiro atoms. The number of nitrogens with zero attached hydrogens (tertiary/aromatic N) is 3. The van der Waals surface area contributed by atoms with Crippen LogP contribution in [0.1, 0.15) is 19.8 Å². The van der Waals surface area contributed by atoms with E-state index in [1.807, 2.05) is 10.8 Å². The number of aromatic nitrogens is 2. The Labute approximate surface area is 84.6 Å². The molecule has 1 unspecified atom stereocenters. The van der Waals surface area contributed by atoms with Crippen molar-refractivity contribution >= 4 is 0 Å². The first kappa shape index (κ1) is 10.7. The van der Waals surface area contributed by atoms with Gasteiger partial charge in [0.05, 0.1) is 18.4 Å². The molecule has 1 heterocycles. The first-order valence-corrected chi connectivity index (χ1v) is 4.95. The van der Waals surface area contributed by atoms with Gasteiger partial charge < -0.3 is 9.88 Å². The van der Waals surface area contributed by atoms with Gasteiger partial charge in [0.15, 0.2) is 0 Å². The standard InChI is InChI=1S/C10H16N4/c1-2-4-13-10(8-11)3-6-14-7-5-12-9-14/h5,7,9-10,13H,2-4,6H2,1H3. The number of rotatable bonds is 6. The first-order chi connectivity index (χ1) is 6.86. The highest BCUT2D eigenvalue weighted by atomic mass is 15.0. The molecule has 0 fully saturated rings. The number of hydrogen-bond donors (Lipinski definition) is 1. The Morgan fingerprint density at radius 1 is 1.64 bits per heavy atom. The summed E-state index contributed by atoms with van der Waals surface area (Å²) >= 11 is 0. The van der Waals surface area contributed by atoms with Crippen molar-refractivity contribution in [1.29, 1.82) is 5.26 Å². The van der Waals surface area contributed by atoms with Gasteiger partial charge in [0, 0.05) is 18.9 Å². The number of nitrogens with one attached hydrogen (secondary N) is 1. The van der Waals surface area contributed by atoms with E-state index in [0.717, 1.165) is 25.9 Å². The zero-order chi connectivity index (χ0) is 10.2. The van der Waals surface area contributed by atoms with Crippen LogP contribution < -0.4 is 5.32 Å². The molecule has 0 aliphatic rings. The van der Waals surface area contributed by atoms with Gasteiger partial charge in [-0.3, -0.25) is 0 Å². The molecule has 0 bridgehead atoms. The summed E-state index contributed by atoms with van der Waals surface area (Å²) in [7, 11) is 0. The van der Waals surface area contributed by atoms with E-state index in [0.29, 0.717) is 0 Å². The van der Waals surface area contributed by atoms with Gasteiger partial charge in [-0.25, -0.2) is 4.98 Å². The Kier molecular flexibility index (Phi) is 4.73. The predicted molar refractivity (Wildman–Crippen MR) is 54.5 cm³/mol. The lowest BCUT2D eigenvalue weighted by Crippen LogP contribution is -2.29. The van der Waals surface area contributed by atoms with E-state index in [9.17, 15) is 0 Å². The summed E-state index contributed by atoms with van der Waals surface area (Å²) in [5.41, 5.74) is 0. The minimum absolute atomic E-state index is 0.0441. The minimum atomic E-state index is -0.0441. The molecule has 1 atom stereocenters. The fourth-order valence-corrected chi connectivity index (χ4v) is 1.23. The SMILES string of the molecule is CCCNC(C#N)CCn1ccnc1. The van der Waals surface area contributed by atoms with E-state index in [2.05, 4.69) is 23.3 Å². The molecule has 0 radical (unpaired) electrons. The van der Waals surface area contributed by atoms with Crippen molar-refractivity contribution in [3.63, 3.8) is 0 Å². The topological polar surface area (TPSA) is 53.6 Å². The molecule has 0 aliphatic heterocycles. The number of aryl methyl sites for hydroxylation is 1. The van der Waals surface area contributed by atoms with Crippen molar-refractivity contribution in [2.75, 3.05) is 6.54 Å². The molecular weight excluding hydrogens is 176 g/mol. The Balaban J connectivity index is 2.25. The molecule has 14 heavy (non-hydrogen) atoms. The molecule has 0 aromatic carbocycles. The predicted octanol–water partition coefficient (Wildman–Crippen LogP) is 1.16. The second-order valence-corrected chi connectivity index (χ2v) is 3.22. The quantitative estimate of drug-likeness (QED) is 0.736. The highest BCUT2D eigenvalue weighted by Crippen LogP contribution is 1.96. The fraction of sp³-hybridized carbons (Fsp3) is 0.600. The third kappa shape index (κ3) is 3.58. The molecule has 0 amide bonds. The average molecular weight is 192 g/mol. The molecule has 4 heteroatoms. The van der Waals surface area contributed by atoms with Crippen LogP contribution in [0.3, 0.4) is 0 Å². The van der Waals surface area contributed by atoms with Crippen LogP contribution in [-0.2, 0) is 6.54 Å².